The summed E-state index contributed by atoms with van der Waals surface area (Å²) in [5.74, 6) is -0.142. The average Bonchev–Trinajstić information content (AvgIpc) is 2.80. The predicted molar refractivity (Wildman–Crippen MR) is 81.0 cm³/mol. The highest BCUT2D eigenvalue weighted by Crippen LogP contribution is 2.14. The molecule has 1 aliphatic heterocycles. The van der Waals surface area contributed by atoms with Crippen molar-refractivity contribution in [2.45, 2.75) is 13.8 Å². The molecule has 0 fully saturated rings. The molecule has 1 N–H and O–H groups in total. The van der Waals surface area contributed by atoms with E-state index in [1.807, 2.05) is 13.8 Å². The molecule has 1 aromatic rings. The number of hydrogen-bond donors (Lipinski definition) is 1. The van der Waals surface area contributed by atoms with E-state index in [1.54, 1.807) is 29.2 Å². The Kier molecular flexibility index (Phi) is 4.24. The smallest absolute Gasteiger partial charge is 0.286 e. The second-order valence-corrected chi connectivity index (χ2v) is 4.63. The number of amides is 2. The second kappa shape index (κ2) is 5.92. The summed E-state index contributed by atoms with van der Waals surface area (Å²) in [6.07, 6.45) is 0. The molecule has 6 heteroatoms. The lowest BCUT2D eigenvalue weighted by Crippen LogP contribution is -2.33. The molecule has 5 nitrogen and oxygen atoms in total. The fraction of sp³-hybridized carbons (Fsp3) is 0.286. The third-order valence-electron chi connectivity index (χ3n) is 3.10. The van der Waals surface area contributed by atoms with Gasteiger partial charge in [-0.05, 0) is 19.9 Å². The summed E-state index contributed by atoms with van der Waals surface area (Å²) in [5, 5.41) is 2.59. The first-order chi connectivity index (χ1) is 9.58. The summed E-state index contributed by atoms with van der Waals surface area (Å²) in [6.45, 7) is 5.10. The van der Waals surface area contributed by atoms with Crippen LogP contribution in [0, 0.1) is 0 Å². The Balaban J connectivity index is 2.42. The van der Waals surface area contributed by atoms with Gasteiger partial charge in [0.25, 0.3) is 11.8 Å². The summed E-state index contributed by atoms with van der Waals surface area (Å²) in [7, 11) is 0. The average molecular weight is 289 g/mol. The van der Waals surface area contributed by atoms with Crippen LogP contribution in [0.4, 0.5) is 0 Å². The molecule has 0 atom stereocenters. The standard InChI is InChI=1S/C14H15N3O2S/c1-3-17(4-2)14(19)10-8-6-5-7-9(10)11-15-12(18)13(20)16-11/h5-8H,3-4H2,1-2H3,(H,15,16,18,20). The Labute approximate surface area is 122 Å². The number of carbonyl (C=O) groups is 2. The summed E-state index contributed by atoms with van der Waals surface area (Å²) < 4.78 is 0. The fourth-order valence-corrected chi connectivity index (χ4v) is 2.17. The van der Waals surface area contributed by atoms with E-state index in [1.165, 1.54) is 0 Å². The molecule has 0 radical (unpaired) electrons. The van der Waals surface area contributed by atoms with Gasteiger partial charge in [-0.2, -0.15) is 0 Å². The van der Waals surface area contributed by atoms with E-state index in [0.29, 0.717) is 30.1 Å². The highest BCUT2D eigenvalue weighted by atomic mass is 32.1. The van der Waals surface area contributed by atoms with Crippen LogP contribution in [0.25, 0.3) is 0 Å². The number of nitrogens with zero attached hydrogens (tertiary/aromatic N) is 2. The Morgan fingerprint density at radius 2 is 1.95 bits per heavy atom. The molecule has 0 saturated heterocycles. The first kappa shape index (κ1) is 14.3. The number of hydrogen-bond acceptors (Lipinski definition) is 3. The Bertz CT molecular complexity index is 606. The molecule has 1 aromatic carbocycles. The van der Waals surface area contributed by atoms with Crippen molar-refractivity contribution in [1.29, 1.82) is 0 Å². The van der Waals surface area contributed by atoms with E-state index in [9.17, 15) is 9.59 Å². The molecular weight excluding hydrogens is 274 g/mol. The van der Waals surface area contributed by atoms with Crippen molar-refractivity contribution in [2.24, 2.45) is 4.99 Å². The van der Waals surface area contributed by atoms with E-state index < -0.39 is 5.91 Å². The molecule has 2 rings (SSSR count). The molecule has 0 spiro atoms. The van der Waals surface area contributed by atoms with Crippen LogP contribution in [0.1, 0.15) is 29.8 Å². The fourth-order valence-electron chi connectivity index (χ4n) is 2.03. The molecule has 1 heterocycles. The van der Waals surface area contributed by atoms with E-state index in [-0.39, 0.29) is 10.9 Å². The predicted octanol–water partition coefficient (Wildman–Crippen LogP) is 1.37. The maximum absolute atomic E-state index is 12.5. The van der Waals surface area contributed by atoms with E-state index in [2.05, 4.69) is 10.3 Å². The van der Waals surface area contributed by atoms with Gasteiger partial charge in [0.1, 0.15) is 5.84 Å². The topological polar surface area (TPSA) is 61.8 Å². The summed E-state index contributed by atoms with van der Waals surface area (Å²) >= 11 is 4.83. The zero-order chi connectivity index (χ0) is 14.7. The van der Waals surface area contributed by atoms with Gasteiger partial charge in [-0.15, -0.1) is 0 Å². The molecule has 0 bridgehead atoms. The molecule has 1 aliphatic rings. The number of amidine groups is 1. The van der Waals surface area contributed by atoms with Crippen LogP contribution in [0.3, 0.4) is 0 Å². The van der Waals surface area contributed by atoms with Crippen molar-refractivity contribution in [3.8, 4) is 0 Å². The number of thiocarbonyl (C=S) groups is 1. The van der Waals surface area contributed by atoms with Gasteiger partial charge >= 0.3 is 0 Å². The minimum atomic E-state index is -0.403. The largest absolute Gasteiger partial charge is 0.339 e. The van der Waals surface area contributed by atoms with Gasteiger partial charge < -0.3 is 10.2 Å². The minimum absolute atomic E-state index is 0.00917. The highest BCUT2D eigenvalue weighted by Gasteiger charge is 2.25. The third kappa shape index (κ3) is 2.60. The van der Waals surface area contributed by atoms with Crippen molar-refractivity contribution in [2.75, 3.05) is 13.1 Å². The second-order valence-electron chi connectivity index (χ2n) is 4.24. The lowest BCUT2D eigenvalue weighted by Gasteiger charge is -2.20. The monoisotopic (exact) mass is 289 g/mol. The lowest BCUT2D eigenvalue weighted by atomic mass is 10.1. The summed E-state index contributed by atoms with van der Waals surface area (Å²) in [6, 6.07) is 7.07. The first-order valence-corrected chi connectivity index (χ1v) is 6.82. The molecule has 0 unspecified atom stereocenters. The molecule has 2 amide bonds. The number of carbonyl (C=O) groups excluding carboxylic acids is 2. The van der Waals surface area contributed by atoms with Gasteiger partial charge in [-0.3, -0.25) is 9.59 Å². The Morgan fingerprint density at radius 3 is 2.50 bits per heavy atom. The van der Waals surface area contributed by atoms with Crippen LogP contribution >= 0.6 is 12.2 Å². The lowest BCUT2D eigenvalue weighted by molar-refractivity contribution is -0.113. The van der Waals surface area contributed by atoms with Gasteiger partial charge in [-0.25, -0.2) is 4.99 Å². The van der Waals surface area contributed by atoms with Gasteiger partial charge in [0.05, 0.1) is 5.56 Å². The van der Waals surface area contributed by atoms with Crippen molar-refractivity contribution < 1.29 is 9.59 Å². The molecule has 104 valence electrons. The van der Waals surface area contributed by atoms with Crippen LogP contribution in [0.15, 0.2) is 29.3 Å². The van der Waals surface area contributed by atoms with Crippen molar-refractivity contribution in [3.05, 3.63) is 35.4 Å². The number of rotatable bonds is 4. The summed E-state index contributed by atoms with van der Waals surface area (Å²) in [4.78, 5) is 29.6. The number of benzene rings is 1. The van der Waals surface area contributed by atoms with Gasteiger partial charge in [0.15, 0.2) is 4.99 Å². The van der Waals surface area contributed by atoms with Crippen LogP contribution in [0.2, 0.25) is 0 Å². The first-order valence-electron chi connectivity index (χ1n) is 6.41. The molecule has 0 aliphatic carbocycles. The minimum Gasteiger partial charge on any atom is -0.339 e. The van der Waals surface area contributed by atoms with Crippen LogP contribution < -0.4 is 5.32 Å². The third-order valence-corrected chi connectivity index (χ3v) is 3.38. The van der Waals surface area contributed by atoms with E-state index >= 15 is 0 Å². The molecule has 0 saturated carbocycles. The van der Waals surface area contributed by atoms with Gasteiger partial charge in [-0.1, -0.05) is 30.4 Å². The van der Waals surface area contributed by atoms with Gasteiger partial charge in [0.2, 0.25) is 0 Å². The van der Waals surface area contributed by atoms with E-state index in [0.717, 1.165) is 0 Å². The maximum atomic E-state index is 12.5. The van der Waals surface area contributed by atoms with Crippen molar-refractivity contribution in [1.82, 2.24) is 10.2 Å². The molecular formula is C14H15N3O2S. The van der Waals surface area contributed by atoms with Crippen molar-refractivity contribution in [3.63, 3.8) is 0 Å². The van der Waals surface area contributed by atoms with Crippen LogP contribution in [-0.4, -0.2) is 40.6 Å². The van der Waals surface area contributed by atoms with Gasteiger partial charge in [0, 0.05) is 18.7 Å². The molecule has 20 heavy (non-hydrogen) atoms. The van der Waals surface area contributed by atoms with E-state index in [4.69, 9.17) is 12.2 Å². The maximum Gasteiger partial charge on any atom is 0.286 e. The SMILES string of the molecule is CCN(CC)C(=O)c1ccccc1C1=NC(=S)C(=O)N1. The van der Waals surface area contributed by atoms with Crippen molar-refractivity contribution >= 4 is 34.9 Å². The number of aliphatic imine (C=N–C) groups is 1. The quantitative estimate of drug-likeness (QED) is 0.852. The van der Waals surface area contributed by atoms with Crippen LogP contribution in [0.5, 0.6) is 0 Å². The highest BCUT2D eigenvalue weighted by molar-refractivity contribution is 7.82. The Hall–Kier alpha value is -2.08. The van der Waals surface area contributed by atoms with Crippen LogP contribution in [-0.2, 0) is 4.79 Å². The number of nitrogens with one attached hydrogen (secondary N) is 1. The zero-order valence-electron chi connectivity index (χ0n) is 11.3. The Morgan fingerprint density at radius 1 is 1.30 bits per heavy atom. The zero-order valence-corrected chi connectivity index (χ0v) is 12.2. The summed E-state index contributed by atoms with van der Waals surface area (Å²) in [5.41, 5.74) is 1.11. The normalized spacial score (nSPS) is 14.0. The molecule has 0 aromatic heterocycles.